The van der Waals surface area contributed by atoms with Crippen LogP contribution in [0.2, 0.25) is 0 Å². The van der Waals surface area contributed by atoms with Gasteiger partial charge in [-0.2, -0.15) is 18.3 Å². The first-order valence-electron chi connectivity index (χ1n) is 4.81. The van der Waals surface area contributed by atoms with Crippen molar-refractivity contribution < 1.29 is 13.2 Å². The van der Waals surface area contributed by atoms with Gasteiger partial charge in [-0.3, -0.25) is 10.1 Å². The number of hydrogen-bond acceptors (Lipinski definition) is 3. The Hall–Kier alpha value is -1.92. The monoisotopic (exact) mass is 242 g/mol. The van der Waals surface area contributed by atoms with Gasteiger partial charge >= 0.3 is 6.18 Å². The van der Waals surface area contributed by atoms with Gasteiger partial charge in [0.05, 0.1) is 0 Å². The average molecular weight is 242 g/mol. The third kappa shape index (κ3) is 2.27. The second-order valence-corrected chi connectivity index (χ2v) is 3.63. The van der Waals surface area contributed by atoms with Gasteiger partial charge in [-0.25, -0.2) is 4.98 Å². The highest BCUT2D eigenvalue weighted by atomic mass is 19.4. The molecule has 0 aliphatic carbocycles. The first-order chi connectivity index (χ1) is 7.88. The molecule has 0 fully saturated rings. The van der Waals surface area contributed by atoms with Crippen LogP contribution in [0.3, 0.4) is 0 Å². The standard InChI is InChI=1S/C10H9F3N4/c1-5-3-7(4-14-6(5)2)8-15-9(17-16-8)10(11,12)13/h3-4H,1-2H3,(H,15,16,17). The fourth-order valence-corrected chi connectivity index (χ4v) is 1.28. The van der Waals surface area contributed by atoms with E-state index in [0.29, 0.717) is 5.56 Å². The molecule has 0 unspecified atom stereocenters. The molecule has 0 aromatic carbocycles. The summed E-state index contributed by atoms with van der Waals surface area (Å²) < 4.78 is 36.9. The molecule has 0 aliphatic heterocycles. The van der Waals surface area contributed by atoms with Gasteiger partial charge < -0.3 is 0 Å². The summed E-state index contributed by atoms with van der Waals surface area (Å²) in [6.07, 6.45) is -3.07. The lowest BCUT2D eigenvalue weighted by Crippen LogP contribution is -2.07. The van der Waals surface area contributed by atoms with E-state index in [0.717, 1.165) is 11.3 Å². The van der Waals surface area contributed by atoms with Gasteiger partial charge in [0.25, 0.3) is 0 Å². The van der Waals surface area contributed by atoms with Crippen molar-refractivity contribution in [3.05, 3.63) is 29.3 Å². The van der Waals surface area contributed by atoms with Crippen molar-refractivity contribution in [2.75, 3.05) is 0 Å². The number of rotatable bonds is 1. The predicted molar refractivity (Wildman–Crippen MR) is 54.1 cm³/mol. The van der Waals surface area contributed by atoms with E-state index in [2.05, 4.69) is 15.1 Å². The smallest absolute Gasteiger partial charge is 0.261 e. The Morgan fingerprint density at radius 2 is 1.94 bits per heavy atom. The minimum atomic E-state index is -4.52. The summed E-state index contributed by atoms with van der Waals surface area (Å²) in [5.41, 5.74) is 2.15. The van der Waals surface area contributed by atoms with E-state index in [-0.39, 0.29) is 5.82 Å². The quantitative estimate of drug-likeness (QED) is 0.835. The van der Waals surface area contributed by atoms with Crippen LogP contribution in [-0.2, 0) is 6.18 Å². The van der Waals surface area contributed by atoms with Crippen LogP contribution < -0.4 is 0 Å². The molecule has 4 nitrogen and oxygen atoms in total. The lowest BCUT2D eigenvalue weighted by Gasteiger charge is -2.00. The fraction of sp³-hybridized carbons (Fsp3) is 0.300. The summed E-state index contributed by atoms with van der Waals surface area (Å²) in [4.78, 5) is 7.44. The molecule has 17 heavy (non-hydrogen) atoms. The number of aromatic nitrogens is 4. The molecule has 0 aliphatic rings. The third-order valence-electron chi connectivity index (χ3n) is 2.35. The molecule has 2 rings (SSSR count). The van der Waals surface area contributed by atoms with Crippen molar-refractivity contribution in [2.45, 2.75) is 20.0 Å². The van der Waals surface area contributed by atoms with Gasteiger partial charge in [0.15, 0.2) is 5.82 Å². The molecule has 0 spiro atoms. The number of nitrogens with zero attached hydrogens (tertiary/aromatic N) is 3. The van der Waals surface area contributed by atoms with Crippen molar-refractivity contribution in [3.8, 4) is 11.4 Å². The van der Waals surface area contributed by atoms with Crippen molar-refractivity contribution in [1.29, 1.82) is 0 Å². The summed E-state index contributed by atoms with van der Waals surface area (Å²) in [5.74, 6) is -1.11. The van der Waals surface area contributed by atoms with E-state index in [4.69, 9.17) is 0 Å². The Labute approximate surface area is 94.9 Å². The van der Waals surface area contributed by atoms with Crippen LogP contribution in [0.5, 0.6) is 0 Å². The van der Waals surface area contributed by atoms with E-state index in [1.54, 1.807) is 6.07 Å². The number of pyridine rings is 1. The first kappa shape index (κ1) is 11.6. The molecule has 7 heteroatoms. The molecule has 0 saturated carbocycles. The second kappa shape index (κ2) is 3.83. The van der Waals surface area contributed by atoms with Crippen LogP contribution in [0.1, 0.15) is 17.1 Å². The van der Waals surface area contributed by atoms with Gasteiger partial charge in [-0.05, 0) is 25.5 Å². The number of H-pyrrole nitrogens is 1. The molecule has 0 amide bonds. The number of nitrogens with one attached hydrogen (secondary N) is 1. The van der Waals surface area contributed by atoms with Crippen molar-refractivity contribution in [1.82, 2.24) is 20.2 Å². The first-order valence-corrected chi connectivity index (χ1v) is 4.81. The largest absolute Gasteiger partial charge is 0.451 e. The molecule has 0 atom stereocenters. The molecule has 0 saturated heterocycles. The predicted octanol–water partition coefficient (Wildman–Crippen LogP) is 2.50. The van der Waals surface area contributed by atoms with Gasteiger partial charge in [0, 0.05) is 17.5 Å². The second-order valence-electron chi connectivity index (χ2n) is 3.63. The summed E-state index contributed by atoms with van der Waals surface area (Å²) in [7, 11) is 0. The molecule has 0 radical (unpaired) electrons. The van der Waals surface area contributed by atoms with Crippen LogP contribution >= 0.6 is 0 Å². The van der Waals surface area contributed by atoms with E-state index in [9.17, 15) is 13.2 Å². The number of halogens is 3. The highest BCUT2D eigenvalue weighted by Crippen LogP contribution is 2.27. The normalized spacial score (nSPS) is 11.8. The molecule has 2 heterocycles. The highest BCUT2D eigenvalue weighted by Gasteiger charge is 2.35. The van der Waals surface area contributed by atoms with E-state index < -0.39 is 12.0 Å². The molecule has 90 valence electrons. The summed E-state index contributed by atoms with van der Waals surface area (Å²) in [6.45, 7) is 3.64. The molecule has 2 aromatic rings. The van der Waals surface area contributed by atoms with Crippen molar-refractivity contribution >= 4 is 0 Å². The third-order valence-corrected chi connectivity index (χ3v) is 2.35. The maximum absolute atomic E-state index is 12.3. The molecule has 2 aromatic heterocycles. The van der Waals surface area contributed by atoms with E-state index in [1.807, 2.05) is 18.9 Å². The Morgan fingerprint density at radius 1 is 1.24 bits per heavy atom. The highest BCUT2D eigenvalue weighted by molar-refractivity contribution is 5.54. The minimum Gasteiger partial charge on any atom is -0.261 e. The Balaban J connectivity index is 2.40. The summed E-state index contributed by atoms with van der Waals surface area (Å²) >= 11 is 0. The van der Waals surface area contributed by atoms with Crippen LogP contribution in [0.25, 0.3) is 11.4 Å². The van der Waals surface area contributed by atoms with Gasteiger partial charge in [0.1, 0.15) is 0 Å². The van der Waals surface area contributed by atoms with Crippen molar-refractivity contribution in [3.63, 3.8) is 0 Å². The lowest BCUT2D eigenvalue weighted by molar-refractivity contribution is -0.144. The number of hydrogen-bond donors (Lipinski definition) is 1. The lowest BCUT2D eigenvalue weighted by atomic mass is 10.1. The minimum absolute atomic E-state index is 0.00655. The molecule has 1 N–H and O–H groups in total. The summed E-state index contributed by atoms with van der Waals surface area (Å²) in [5, 5.41) is 5.39. The van der Waals surface area contributed by atoms with Crippen molar-refractivity contribution in [2.24, 2.45) is 0 Å². The van der Waals surface area contributed by atoms with Crippen LogP contribution in [-0.4, -0.2) is 20.2 Å². The van der Waals surface area contributed by atoms with Gasteiger partial charge in [0.2, 0.25) is 5.82 Å². The van der Waals surface area contributed by atoms with Gasteiger partial charge in [-0.15, -0.1) is 0 Å². The maximum atomic E-state index is 12.3. The van der Waals surface area contributed by atoms with Crippen LogP contribution in [0.4, 0.5) is 13.2 Å². The molecule has 0 bridgehead atoms. The maximum Gasteiger partial charge on any atom is 0.451 e. The summed E-state index contributed by atoms with van der Waals surface area (Å²) in [6, 6.07) is 1.70. The number of aryl methyl sites for hydroxylation is 2. The zero-order chi connectivity index (χ0) is 12.6. The number of alkyl halides is 3. The van der Waals surface area contributed by atoms with Gasteiger partial charge in [-0.1, -0.05) is 0 Å². The van der Waals surface area contributed by atoms with E-state index >= 15 is 0 Å². The number of aromatic amines is 1. The zero-order valence-corrected chi connectivity index (χ0v) is 9.13. The van der Waals surface area contributed by atoms with Crippen LogP contribution in [0.15, 0.2) is 12.3 Å². The molecular formula is C10H9F3N4. The molecular weight excluding hydrogens is 233 g/mol. The van der Waals surface area contributed by atoms with E-state index in [1.165, 1.54) is 6.20 Å². The SMILES string of the molecule is Cc1cc(-c2n[nH]c(C(F)(F)F)n2)cnc1C. The topological polar surface area (TPSA) is 54.5 Å². The Morgan fingerprint density at radius 3 is 2.47 bits per heavy atom. The van der Waals surface area contributed by atoms with Crippen LogP contribution in [0, 0.1) is 13.8 Å². The average Bonchev–Trinajstić information content (AvgIpc) is 2.70. The fourth-order valence-electron chi connectivity index (χ4n) is 1.28. The Bertz CT molecular complexity index is 545. The Kier molecular flexibility index (Phi) is 2.60. The zero-order valence-electron chi connectivity index (χ0n) is 9.13.